The van der Waals surface area contributed by atoms with Gasteiger partial charge in [0.15, 0.2) is 0 Å². The first-order valence-electron chi connectivity index (χ1n) is 8.54. The summed E-state index contributed by atoms with van der Waals surface area (Å²) in [6.07, 6.45) is 2.98. The van der Waals surface area contributed by atoms with Crippen LogP contribution >= 0.6 is 23.2 Å². The van der Waals surface area contributed by atoms with Crippen molar-refractivity contribution in [3.63, 3.8) is 0 Å². The monoisotopic (exact) mass is 383 g/mol. The molecule has 1 saturated heterocycles. The van der Waals surface area contributed by atoms with Crippen molar-refractivity contribution in [3.05, 3.63) is 28.2 Å². The smallest absolute Gasteiger partial charge is 0.239 e. The Bertz CT molecular complexity index is 666. The number of amides is 1. The summed E-state index contributed by atoms with van der Waals surface area (Å²) < 4.78 is 0. The molecule has 0 aliphatic carbocycles. The minimum atomic E-state index is -0.00788. The third-order valence-corrected chi connectivity index (χ3v) is 5.31. The van der Waals surface area contributed by atoms with Crippen LogP contribution < -0.4 is 15.6 Å². The molecule has 25 heavy (non-hydrogen) atoms. The summed E-state index contributed by atoms with van der Waals surface area (Å²) in [6, 6.07) is 5.87. The largest absolute Gasteiger partial charge is 0.316 e. The molecule has 0 bridgehead atoms. The van der Waals surface area contributed by atoms with Crippen molar-refractivity contribution in [1.82, 2.24) is 15.5 Å². The summed E-state index contributed by atoms with van der Waals surface area (Å²) in [6.45, 7) is 2.99. The van der Waals surface area contributed by atoms with Crippen molar-refractivity contribution < 1.29 is 4.79 Å². The molecule has 2 aliphatic heterocycles. The van der Waals surface area contributed by atoms with Gasteiger partial charge in [-0.25, -0.2) is 0 Å². The third kappa shape index (κ3) is 4.85. The molecule has 1 aromatic rings. The summed E-state index contributed by atoms with van der Waals surface area (Å²) in [4.78, 5) is 14.5. The maximum Gasteiger partial charge on any atom is 0.239 e. The van der Waals surface area contributed by atoms with E-state index in [0.717, 1.165) is 25.2 Å². The second-order valence-corrected chi connectivity index (χ2v) is 7.24. The van der Waals surface area contributed by atoms with E-state index < -0.39 is 0 Å². The number of nitrogens with zero attached hydrogens (tertiary/aromatic N) is 3. The van der Waals surface area contributed by atoms with Gasteiger partial charge < -0.3 is 10.6 Å². The van der Waals surface area contributed by atoms with Crippen LogP contribution in [0.4, 0.5) is 5.69 Å². The van der Waals surface area contributed by atoms with Crippen LogP contribution in [0.3, 0.4) is 0 Å². The van der Waals surface area contributed by atoms with E-state index in [4.69, 9.17) is 23.2 Å². The zero-order valence-corrected chi connectivity index (χ0v) is 15.8. The van der Waals surface area contributed by atoms with Gasteiger partial charge in [-0.15, -0.1) is 0 Å². The Morgan fingerprint density at radius 3 is 2.92 bits per heavy atom. The number of amidine groups is 1. The van der Waals surface area contributed by atoms with E-state index in [2.05, 4.69) is 20.6 Å². The molecule has 8 heteroatoms. The number of halogens is 2. The first-order valence-corrected chi connectivity index (χ1v) is 9.30. The molecule has 3 rings (SSSR count). The van der Waals surface area contributed by atoms with E-state index >= 15 is 0 Å². The fourth-order valence-corrected chi connectivity index (χ4v) is 3.51. The maximum atomic E-state index is 12.3. The molecular weight excluding hydrogens is 361 g/mol. The van der Waals surface area contributed by atoms with Gasteiger partial charge in [0.1, 0.15) is 5.84 Å². The van der Waals surface area contributed by atoms with Crippen LogP contribution in [-0.4, -0.2) is 55.9 Å². The van der Waals surface area contributed by atoms with Crippen LogP contribution in [0.15, 0.2) is 23.3 Å². The molecule has 1 amide bonds. The van der Waals surface area contributed by atoms with Gasteiger partial charge in [0.2, 0.25) is 5.91 Å². The number of rotatable bonds is 4. The predicted molar refractivity (Wildman–Crippen MR) is 103 cm³/mol. The molecular formula is C17H23Cl2N5O. The predicted octanol–water partition coefficient (Wildman–Crippen LogP) is 2.32. The topological polar surface area (TPSA) is 60.0 Å². The normalized spacial score (nSPS) is 21.3. The van der Waals surface area contributed by atoms with Gasteiger partial charge >= 0.3 is 0 Å². The second kappa shape index (κ2) is 8.36. The van der Waals surface area contributed by atoms with Crippen LogP contribution in [0.5, 0.6) is 0 Å². The number of anilines is 1. The Hall–Kier alpha value is -1.34. The fraction of sp³-hybridized carbons (Fsp3) is 0.529. The van der Waals surface area contributed by atoms with Crippen molar-refractivity contribution in [2.75, 3.05) is 38.2 Å². The van der Waals surface area contributed by atoms with Crippen LogP contribution in [0, 0.1) is 0 Å². The molecule has 6 nitrogen and oxygen atoms in total. The molecule has 136 valence electrons. The van der Waals surface area contributed by atoms with Crippen molar-refractivity contribution in [2.45, 2.75) is 25.3 Å². The Balaban J connectivity index is 1.54. The van der Waals surface area contributed by atoms with Gasteiger partial charge in [0, 0.05) is 25.6 Å². The van der Waals surface area contributed by atoms with Crippen molar-refractivity contribution >= 4 is 40.6 Å². The van der Waals surface area contributed by atoms with E-state index in [-0.39, 0.29) is 5.91 Å². The SMILES string of the molecule is CN[C@@H]1CCCN(CC(=O)NC2=NN(c3ccc(Cl)c(Cl)c3)CC2)C1. The minimum Gasteiger partial charge on any atom is -0.316 e. The van der Waals surface area contributed by atoms with E-state index in [1.807, 2.05) is 18.1 Å². The first-order chi connectivity index (χ1) is 12.0. The summed E-state index contributed by atoms with van der Waals surface area (Å²) in [7, 11) is 1.97. The standard InChI is InChI=1S/C17H23Cl2N5O/c1-20-12-3-2-7-23(10-12)11-17(25)21-16-6-8-24(22-16)13-4-5-14(18)15(19)9-13/h4-5,9,12,20H,2-3,6-8,10-11H2,1H3,(H,21,22,25)/t12-/m1/s1. The lowest BCUT2D eigenvalue weighted by molar-refractivity contribution is -0.121. The number of benzene rings is 1. The van der Waals surface area contributed by atoms with Crippen LogP contribution in [0.25, 0.3) is 0 Å². The summed E-state index contributed by atoms with van der Waals surface area (Å²) in [5.41, 5.74) is 0.867. The number of piperidine rings is 1. The third-order valence-electron chi connectivity index (χ3n) is 4.57. The average Bonchev–Trinajstić information content (AvgIpc) is 3.05. The Kier molecular flexibility index (Phi) is 6.17. The minimum absolute atomic E-state index is 0.00788. The van der Waals surface area contributed by atoms with Gasteiger partial charge in [0.05, 0.1) is 22.3 Å². The van der Waals surface area contributed by atoms with E-state index in [1.165, 1.54) is 6.42 Å². The number of hydrogen-bond acceptors (Lipinski definition) is 5. The number of hydrogen-bond donors (Lipinski definition) is 2. The lowest BCUT2D eigenvalue weighted by atomic mass is 10.1. The zero-order chi connectivity index (χ0) is 17.8. The van der Waals surface area contributed by atoms with Gasteiger partial charge in [-0.05, 0) is 44.6 Å². The Morgan fingerprint density at radius 2 is 2.16 bits per heavy atom. The molecule has 1 aromatic carbocycles. The molecule has 2 N–H and O–H groups in total. The Labute approximate surface area is 158 Å². The van der Waals surface area contributed by atoms with Gasteiger partial charge in [-0.2, -0.15) is 5.10 Å². The second-order valence-electron chi connectivity index (χ2n) is 6.43. The van der Waals surface area contributed by atoms with Crippen molar-refractivity contribution in [2.24, 2.45) is 5.10 Å². The van der Waals surface area contributed by atoms with E-state index in [0.29, 0.717) is 41.4 Å². The highest BCUT2D eigenvalue weighted by Crippen LogP contribution is 2.28. The lowest BCUT2D eigenvalue weighted by Crippen LogP contribution is -2.48. The summed E-state index contributed by atoms with van der Waals surface area (Å²) in [5.74, 6) is 0.685. The van der Waals surface area contributed by atoms with Crippen LogP contribution in [-0.2, 0) is 4.79 Å². The molecule has 2 heterocycles. The molecule has 0 aromatic heterocycles. The van der Waals surface area contributed by atoms with Crippen LogP contribution in [0.1, 0.15) is 19.3 Å². The number of carbonyl (C=O) groups is 1. The molecule has 1 atom stereocenters. The van der Waals surface area contributed by atoms with Gasteiger partial charge in [-0.1, -0.05) is 23.2 Å². The number of likely N-dealkylation sites (N-methyl/N-ethyl adjacent to an activating group) is 1. The highest BCUT2D eigenvalue weighted by molar-refractivity contribution is 6.42. The summed E-state index contributed by atoms with van der Waals surface area (Å²) in [5, 5.41) is 13.5. The number of likely N-dealkylation sites (tertiary alicyclic amines) is 1. The zero-order valence-electron chi connectivity index (χ0n) is 14.3. The highest BCUT2D eigenvalue weighted by atomic mass is 35.5. The first kappa shape index (κ1) is 18.5. The lowest BCUT2D eigenvalue weighted by Gasteiger charge is -2.31. The maximum absolute atomic E-state index is 12.3. The highest BCUT2D eigenvalue weighted by Gasteiger charge is 2.22. The molecule has 0 spiro atoms. The Morgan fingerprint density at radius 1 is 1.32 bits per heavy atom. The quantitative estimate of drug-likeness (QED) is 0.837. The van der Waals surface area contributed by atoms with Gasteiger partial charge in [-0.3, -0.25) is 14.7 Å². The number of hydrazone groups is 1. The van der Waals surface area contributed by atoms with Crippen molar-refractivity contribution in [3.8, 4) is 0 Å². The average molecular weight is 384 g/mol. The molecule has 0 unspecified atom stereocenters. The molecule has 0 saturated carbocycles. The van der Waals surface area contributed by atoms with E-state index in [1.54, 1.807) is 12.1 Å². The molecule has 0 radical (unpaired) electrons. The molecule has 1 fully saturated rings. The van der Waals surface area contributed by atoms with E-state index in [9.17, 15) is 4.79 Å². The fourth-order valence-electron chi connectivity index (χ4n) is 3.22. The van der Waals surface area contributed by atoms with Crippen molar-refractivity contribution in [1.29, 1.82) is 0 Å². The molecule has 2 aliphatic rings. The van der Waals surface area contributed by atoms with Crippen LogP contribution in [0.2, 0.25) is 10.0 Å². The number of carbonyl (C=O) groups excluding carboxylic acids is 1. The van der Waals surface area contributed by atoms with Gasteiger partial charge in [0.25, 0.3) is 0 Å². The summed E-state index contributed by atoms with van der Waals surface area (Å²) >= 11 is 12.0. The number of nitrogens with one attached hydrogen (secondary N) is 2.